The normalized spacial score (nSPS) is 11.6. The van der Waals surface area contributed by atoms with Gasteiger partial charge in [-0.15, -0.1) is 11.3 Å². The number of anilines is 2. The predicted molar refractivity (Wildman–Crippen MR) is 83.4 cm³/mol. The Labute approximate surface area is 127 Å². The summed E-state index contributed by atoms with van der Waals surface area (Å²) in [5, 5.41) is 8.23. The van der Waals surface area contributed by atoms with E-state index in [2.05, 4.69) is 15.6 Å². The number of carbonyl (C=O) groups excluding carboxylic acids is 1. The number of hydrogen-bond acceptors (Lipinski definition) is 6. The number of nitrogens with zero attached hydrogens (tertiary/aromatic N) is 1. The Morgan fingerprint density at radius 3 is 2.76 bits per heavy atom. The van der Waals surface area contributed by atoms with Gasteiger partial charge < -0.3 is 20.1 Å². The van der Waals surface area contributed by atoms with Crippen LogP contribution in [0.2, 0.25) is 0 Å². The Morgan fingerprint density at radius 1 is 1.33 bits per heavy atom. The van der Waals surface area contributed by atoms with E-state index >= 15 is 0 Å². The molecule has 21 heavy (non-hydrogen) atoms. The first-order valence-electron chi connectivity index (χ1n) is 6.33. The Kier molecular flexibility index (Phi) is 4.99. The average Bonchev–Trinajstić information content (AvgIpc) is 2.99. The molecule has 112 valence electrons. The number of benzene rings is 1. The summed E-state index contributed by atoms with van der Waals surface area (Å²) < 4.78 is 10.4. The van der Waals surface area contributed by atoms with Crippen molar-refractivity contribution in [2.24, 2.45) is 0 Å². The van der Waals surface area contributed by atoms with Crippen molar-refractivity contribution in [3.05, 3.63) is 29.8 Å². The summed E-state index contributed by atoms with van der Waals surface area (Å²) >= 11 is 1.37. The van der Waals surface area contributed by atoms with E-state index < -0.39 is 6.04 Å². The Balaban J connectivity index is 2.07. The molecule has 1 unspecified atom stereocenters. The van der Waals surface area contributed by atoms with Gasteiger partial charge in [0.05, 0.1) is 19.9 Å². The number of aromatic nitrogens is 1. The third-order valence-corrected chi connectivity index (χ3v) is 3.52. The van der Waals surface area contributed by atoms with Gasteiger partial charge in [-0.25, -0.2) is 4.98 Å². The van der Waals surface area contributed by atoms with Crippen LogP contribution in [0.25, 0.3) is 0 Å². The molecule has 7 heteroatoms. The molecule has 0 saturated heterocycles. The maximum absolute atomic E-state index is 12.1. The second kappa shape index (κ2) is 6.94. The molecule has 2 aromatic rings. The average molecular weight is 307 g/mol. The van der Waals surface area contributed by atoms with Gasteiger partial charge in [-0.05, 0) is 19.1 Å². The summed E-state index contributed by atoms with van der Waals surface area (Å²) in [6.07, 6.45) is 1.64. The van der Waals surface area contributed by atoms with Gasteiger partial charge in [-0.2, -0.15) is 0 Å². The van der Waals surface area contributed by atoms with Crippen LogP contribution >= 0.6 is 11.3 Å². The molecule has 0 aliphatic rings. The lowest BCUT2D eigenvalue weighted by atomic mass is 10.2. The highest BCUT2D eigenvalue weighted by molar-refractivity contribution is 7.13. The molecule has 1 atom stereocenters. The van der Waals surface area contributed by atoms with Crippen LogP contribution in [0.1, 0.15) is 6.92 Å². The van der Waals surface area contributed by atoms with Crippen LogP contribution in [0, 0.1) is 0 Å². The summed E-state index contributed by atoms with van der Waals surface area (Å²) in [4.78, 5) is 16.1. The number of ether oxygens (including phenoxy) is 2. The van der Waals surface area contributed by atoms with E-state index in [-0.39, 0.29) is 5.91 Å². The van der Waals surface area contributed by atoms with Crippen molar-refractivity contribution in [2.45, 2.75) is 13.0 Å². The lowest BCUT2D eigenvalue weighted by Gasteiger charge is -2.17. The SMILES string of the molecule is COc1ccc(OC)c(NC(C)C(=O)Nc2nccs2)c1. The zero-order valence-corrected chi connectivity index (χ0v) is 12.9. The largest absolute Gasteiger partial charge is 0.497 e. The second-order valence-corrected chi connectivity index (χ2v) is 5.15. The Morgan fingerprint density at radius 2 is 2.14 bits per heavy atom. The van der Waals surface area contributed by atoms with Crippen LogP contribution in [0.5, 0.6) is 11.5 Å². The minimum Gasteiger partial charge on any atom is -0.497 e. The Hall–Kier alpha value is -2.28. The lowest BCUT2D eigenvalue weighted by molar-refractivity contribution is -0.116. The van der Waals surface area contributed by atoms with Crippen molar-refractivity contribution < 1.29 is 14.3 Å². The van der Waals surface area contributed by atoms with Gasteiger partial charge in [-0.1, -0.05) is 0 Å². The molecule has 2 rings (SSSR count). The summed E-state index contributed by atoms with van der Waals surface area (Å²) in [5.74, 6) is 1.16. The highest BCUT2D eigenvalue weighted by Crippen LogP contribution is 2.29. The van der Waals surface area contributed by atoms with Gasteiger partial charge >= 0.3 is 0 Å². The number of rotatable bonds is 6. The highest BCUT2D eigenvalue weighted by Gasteiger charge is 2.16. The molecule has 0 fully saturated rings. The molecule has 1 amide bonds. The molecule has 0 spiro atoms. The topological polar surface area (TPSA) is 72.5 Å². The third-order valence-electron chi connectivity index (χ3n) is 2.83. The van der Waals surface area contributed by atoms with Gasteiger partial charge in [0.15, 0.2) is 5.13 Å². The van der Waals surface area contributed by atoms with Crippen molar-refractivity contribution in [1.82, 2.24) is 4.98 Å². The maximum atomic E-state index is 12.1. The van der Waals surface area contributed by atoms with E-state index in [1.807, 2.05) is 0 Å². The van der Waals surface area contributed by atoms with E-state index in [9.17, 15) is 4.79 Å². The van der Waals surface area contributed by atoms with E-state index in [1.165, 1.54) is 11.3 Å². The second-order valence-electron chi connectivity index (χ2n) is 4.26. The number of thiazole rings is 1. The fraction of sp³-hybridized carbons (Fsp3) is 0.286. The highest BCUT2D eigenvalue weighted by atomic mass is 32.1. The standard InChI is InChI=1S/C14H17N3O3S/c1-9(13(18)17-14-15-6-7-21-14)16-11-8-10(19-2)4-5-12(11)20-3/h4-9,16H,1-3H3,(H,15,17,18). The molecule has 0 saturated carbocycles. The van der Waals surface area contributed by atoms with Crippen molar-refractivity contribution >= 4 is 28.1 Å². The maximum Gasteiger partial charge on any atom is 0.248 e. The quantitative estimate of drug-likeness (QED) is 0.858. The monoisotopic (exact) mass is 307 g/mol. The first-order chi connectivity index (χ1) is 10.1. The fourth-order valence-corrected chi connectivity index (χ4v) is 2.26. The third kappa shape index (κ3) is 3.85. The molecular formula is C14H17N3O3S. The fourth-order valence-electron chi connectivity index (χ4n) is 1.72. The number of amides is 1. The van der Waals surface area contributed by atoms with E-state index in [1.54, 1.807) is 50.9 Å². The van der Waals surface area contributed by atoms with Crippen molar-refractivity contribution in [3.8, 4) is 11.5 Å². The van der Waals surface area contributed by atoms with Gasteiger partial charge in [0, 0.05) is 17.6 Å². The van der Waals surface area contributed by atoms with Crippen LogP contribution < -0.4 is 20.1 Å². The number of hydrogen-bond donors (Lipinski definition) is 2. The molecule has 0 bridgehead atoms. The van der Waals surface area contributed by atoms with Crippen molar-refractivity contribution in [2.75, 3.05) is 24.9 Å². The minimum atomic E-state index is -0.449. The molecule has 6 nitrogen and oxygen atoms in total. The van der Waals surface area contributed by atoms with Crippen LogP contribution in [0.3, 0.4) is 0 Å². The summed E-state index contributed by atoms with van der Waals surface area (Å²) in [6.45, 7) is 1.77. The molecular weight excluding hydrogens is 290 g/mol. The van der Waals surface area contributed by atoms with Crippen LogP contribution in [-0.2, 0) is 4.79 Å². The van der Waals surface area contributed by atoms with E-state index in [4.69, 9.17) is 9.47 Å². The van der Waals surface area contributed by atoms with Gasteiger partial charge in [0.25, 0.3) is 0 Å². The van der Waals surface area contributed by atoms with E-state index in [0.29, 0.717) is 22.3 Å². The van der Waals surface area contributed by atoms with Crippen LogP contribution in [0.15, 0.2) is 29.8 Å². The zero-order valence-electron chi connectivity index (χ0n) is 12.0. The first kappa shape index (κ1) is 15.1. The lowest BCUT2D eigenvalue weighted by Crippen LogP contribution is -2.31. The van der Waals surface area contributed by atoms with Gasteiger partial charge in [-0.3, -0.25) is 4.79 Å². The zero-order chi connectivity index (χ0) is 15.2. The molecule has 1 aromatic heterocycles. The predicted octanol–water partition coefficient (Wildman–Crippen LogP) is 2.60. The molecule has 0 aliphatic carbocycles. The van der Waals surface area contributed by atoms with Gasteiger partial charge in [0.2, 0.25) is 5.91 Å². The number of nitrogens with one attached hydrogen (secondary N) is 2. The molecule has 1 heterocycles. The van der Waals surface area contributed by atoms with Crippen molar-refractivity contribution in [3.63, 3.8) is 0 Å². The van der Waals surface area contributed by atoms with E-state index in [0.717, 1.165) is 0 Å². The summed E-state index contributed by atoms with van der Waals surface area (Å²) in [6, 6.07) is 4.91. The van der Waals surface area contributed by atoms with Crippen molar-refractivity contribution in [1.29, 1.82) is 0 Å². The van der Waals surface area contributed by atoms with Crippen LogP contribution in [-0.4, -0.2) is 31.2 Å². The Bertz CT molecular complexity index is 602. The van der Waals surface area contributed by atoms with Gasteiger partial charge in [0.1, 0.15) is 17.5 Å². The minimum absolute atomic E-state index is 0.171. The first-order valence-corrected chi connectivity index (χ1v) is 7.21. The molecule has 2 N–H and O–H groups in total. The number of carbonyl (C=O) groups is 1. The van der Waals surface area contributed by atoms with Crippen LogP contribution in [0.4, 0.5) is 10.8 Å². The smallest absolute Gasteiger partial charge is 0.248 e. The summed E-state index contributed by atoms with van der Waals surface area (Å²) in [5.41, 5.74) is 0.693. The summed E-state index contributed by atoms with van der Waals surface area (Å²) in [7, 11) is 3.16. The molecule has 0 aliphatic heterocycles. The number of methoxy groups -OCH3 is 2. The molecule has 1 aromatic carbocycles. The molecule has 0 radical (unpaired) electrons.